The fourth-order valence-corrected chi connectivity index (χ4v) is 4.39. The van der Waals surface area contributed by atoms with Gasteiger partial charge in [0.2, 0.25) is 0 Å². The van der Waals surface area contributed by atoms with Crippen LogP contribution in [-0.2, 0) is 24.1 Å². The van der Waals surface area contributed by atoms with Gasteiger partial charge in [0.15, 0.2) is 0 Å². The van der Waals surface area contributed by atoms with Crippen LogP contribution in [0.3, 0.4) is 0 Å². The van der Waals surface area contributed by atoms with Crippen molar-refractivity contribution in [2.75, 3.05) is 32.8 Å². The van der Waals surface area contributed by atoms with Gasteiger partial charge in [-0.05, 0) is 54.4 Å². The van der Waals surface area contributed by atoms with E-state index in [0.717, 1.165) is 57.6 Å². The maximum atomic E-state index is 12.6. The van der Waals surface area contributed by atoms with Crippen LogP contribution in [0.2, 0.25) is 0 Å². The quantitative estimate of drug-likeness (QED) is 0.733. The lowest BCUT2D eigenvalue weighted by molar-refractivity contribution is 0.0665. The van der Waals surface area contributed by atoms with E-state index < -0.39 is 6.10 Å². The van der Waals surface area contributed by atoms with Crippen LogP contribution >= 0.6 is 0 Å². The van der Waals surface area contributed by atoms with Crippen molar-refractivity contribution in [1.82, 2.24) is 15.2 Å². The normalized spacial score (nSPS) is 18.6. The van der Waals surface area contributed by atoms with Crippen LogP contribution < -0.4 is 5.32 Å². The number of aromatic nitrogens is 1. The average molecular weight is 410 g/mol. The van der Waals surface area contributed by atoms with Gasteiger partial charge >= 0.3 is 0 Å². The molecule has 2 aromatic rings. The Bertz CT molecular complexity index is 851. The van der Waals surface area contributed by atoms with E-state index in [2.05, 4.69) is 39.5 Å². The van der Waals surface area contributed by atoms with Crippen LogP contribution in [0.1, 0.15) is 39.9 Å². The molecule has 1 aromatic carbocycles. The van der Waals surface area contributed by atoms with Crippen LogP contribution in [0.25, 0.3) is 0 Å². The summed E-state index contributed by atoms with van der Waals surface area (Å²) in [6, 6.07) is 10.4. The minimum Gasteiger partial charge on any atom is -0.390 e. The first-order chi connectivity index (χ1) is 14.7. The second-order valence-electron chi connectivity index (χ2n) is 8.46. The number of pyridine rings is 1. The van der Waals surface area contributed by atoms with Gasteiger partial charge in [-0.1, -0.05) is 24.3 Å². The Balaban J connectivity index is 1.24. The smallest absolute Gasteiger partial charge is 0.252 e. The first-order valence-corrected chi connectivity index (χ1v) is 10.9. The third kappa shape index (κ3) is 5.65. The summed E-state index contributed by atoms with van der Waals surface area (Å²) in [5.41, 5.74) is 4.36. The molecule has 1 saturated heterocycles. The summed E-state index contributed by atoms with van der Waals surface area (Å²) < 4.78 is 5.42. The zero-order chi connectivity index (χ0) is 20.8. The van der Waals surface area contributed by atoms with Crippen molar-refractivity contribution >= 4 is 5.91 Å². The number of benzene rings is 1. The molecule has 0 aliphatic carbocycles. The third-order valence-corrected chi connectivity index (χ3v) is 6.10. The molecule has 30 heavy (non-hydrogen) atoms. The zero-order valence-corrected chi connectivity index (χ0v) is 17.4. The van der Waals surface area contributed by atoms with Crippen molar-refractivity contribution in [3.8, 4) is 0 Å². The molecule has 1 atom stereocenters. The van der Waals surface area contributed by atoms with Crippen molar-refractivity contribution in [1.29, 1.82) is 0 Å². The summed E-state index contributed by atoms with van der Waals surface area (Å²) in [4.78, 5) is 19.0. The minimum absolute atomic E-state index is 0.181. The second-order valence-corrected chi connectivity index (χ2v) is 8.46. The molecule has 1 aromatic heterocycles. The minimum atomic E-state index is -0.599. The standard InChI is InChI=1S/C24H31N3O3/c28-23(17-27-8-5-20-3-1-2-4-21(20)16-27)15-26-24(29)22-12-19(13-25-14-22)11-18-6-9-30-10-7-18/h1-4,12-14,18,23,28H,5-11,15-17H2,(H,26,29)/t23-/m0/s1. The van der Waals surface area contributed by atoms with Gasteiger partial charge in [0.05, 0.1) is 11.7 Å². The number of carbonyl (C=O) groups excluding carboxylic acids is 1. The number of fused-ring (bicyclic) bond motifs is 1. The topological polar surface area (TPSA) is 74.7 Å². The molecular formula is C24H31N3O3. The summed E-state index contributed by atoms with van der Waals surface area (Å²) in [7, 11) is 0. The van der Waals surface area contributed by atoms with Gasteiger partial charge in [0.1, 0.15) is 0 Å². The Hall–Kier alpha value is -2.28. The van der Waals surface area contributed by atoms with Crippen molar-refractivity contribution in [2.24, 2.45) is 5.92 Å². The van der Waals surface area contributed by atoms with Crippen LogP contribution in [-0.4, -0.2) is 59.8 Å². The third-order valence-electron chi connectivity index (χ3n) is 6.10. The maximum absolute atomic E-state index is 12.6. The van der Waals surface area contributed by atoms with Gasteiger partial charge in [-0.25, -0.2) is 0 Å². The van der Waals surface area contributed by atoms with Gasteiger partial charge in [-0.15, -0.1) is 0 Å². The number of aliphatic hydroxyl groups excluding tert-OH is 1. The van der Waals surface area contributed by atoms with Gasteiger partial charge in [-0.3, -0.25) is 14.7 Å². The highest BCUT2D eigenvalue weighted by molar-refractivity contribution is 5.94. The fraction of sp³-hybridized carbons (Fsp3) is 0.500. The largest absolute Gasteiger partial charge is 0.390 e. The number of nitrogens with one attached hydrogen (secondary N) is 1. The van der Waals surface area contributed by atoms with Crippen molar-refractivity contribution < 1.29 is 14.6 Å². The van der Waals surface area contributed by atoms with Crippen LogP contribution in [0.4, 0.5) is 0 Å². The van der Waals surface area contributed by atoms with E-state index >= 15 is 0 Å². The molecule has 1 amide bonds. The molecule has 160 valence electrons. The Morgan fingerprint density at radius 3 is 2.87 bits per heavy atom. The van der Waals surface area contributed by atoms with E-state index in [1.165, 1.54) is 11.1 Å². The molecule has 0 saturated carbocycles. The second kappa shape index (κ2) is 10.2. The van der Waals surface area contributed by atoms with Gasteiger partial charge in [-0.2, -0.15) is 0 Å². The first-order valence-electron chi connectivity index (χ1n) is 10.9. The molecule has 2 aliphatic rings. The van der Waals surface area contributed by atoms with Crippen molar-refractivity contribution in [2.45, 2.75) is 38.3 Å². The summed E-state index contributed by atoms with van der Waals surface area (Å²) >= 11 is 0. The molecule has 4 rings (SSSR count). The summed E-state index contributed by atoms with van der Waals surface area (Å²) in [6.45, 7) is 4.20. The fourth-order valence-electron chi connectivity index (χ4n) is 4.39. The lowest BCUT2D eigenvalue weighted by atomic mass is 9.93. The molecule has 0 unspecified atom stereocenters. The number of carbonyl (C=O) groups is 1. The molecule has 6 nitrogen and oxygen atoms in total. The lowest BCUT2D eigenvalue weighted by Gasteiger charge is -2.30. The number of ether oxygens (including phenoxy) is 1. The number of hydrogen-bond acceptors (Lipinski definition) is 5. The number of aliphatic hydroxyl groups is 1. The van der Waals surface area contributed by atoms with E-state index in [1.807, 2.05) is 12.3 Å². The molecule has 6 heteroatoms. The number of nitrogens with zero attached hydrogens (tertiary/aromatic N) is 2. The summed E-state index contributed by atoms with van der Waals surface area (Å²) in [5.74, 6) is 0.412. The van der Waals surface area contributed by atoms with E-state index in [4.69, 9.17) is 4.74 Å². The Kier molecular flexibility index (Phi) is 7.10. The Morgan fingerprint density at radius 2 is 2.03 bits per heavy atom. The van der Waals surface area contributed by atoms with Crippen molar-refractivity contribution in [3.05, 3.63) is 65.0 Å². The van der Waals surface area contributed by atoms with Gasteiger partial charge < -0.3 is 15.2 Å². The lowest BCUT2D eigenvalue weighted by Crippen LogP contribution is -2.42. The van der Waals surface area contributed by atoms with Crippen LogP contribution in [0.15, 0.2) is 42.7 Å². The molecule has 2 N–H and O–H groups in total. The average Bonchev–Trinajstić information content (AvgIpc) is 2.78. The molecule has 1 fully saturated rings. The SMILES string of the molecule is O=C(NC[C@H](O)CN1CCc2ccccc2C1)c1cncc(CC2CCOCC2)c1. The Morgan fingerprint density at radius 1 is 1.23 bits per heavy atom. The number of rotatable bonds is 7. The van der Waals surface area contributed by atoms with Crippen LogP contribution in [0.5, 0.6) is 0 Å². The molecule has 3 heterocycles. The number of amides is 1. The molecule has 2 aliphatic heterocycles. The molecular weight excluding hydrogens is 378 g/mol. The van der Waals surface area contributed by atoms with Gasteiger partial charge in [0, 0.05) is 51.8 Å². The predicted octanol–water partition coefficient (Wildman–Crippen LogP) is 2.20. The maximum Gasteiger partial charge on any atom is 0.252 e. The van der Waals surface area contributed by atoms with E-state index in [9.17, 15) is 9.90 Å². The van der Waals surface area contributed by atoms with Gasteiger partial charge in [0.25, 0.3) is 5.91 Å². The molecule has 0 spiro atoms. The molecule has 0 radical (unpaired) electrons. The molecule has 0 bridgehead atoms. The number of hydrogen-bond donors (Lipinski definition) is 2. The highest BCUT2D eigenvalue weighted by Gasteiger charge is 2.19. The Labute approximate surface area is 178 Å². The zero-order valence-electron chi connectivity index (χ0n) is 17.4. The van der Waals surface area contributed by atoms with Crippen molar-refractivity contribution in [3.63, 3.8) is 0 Å². The summed E-state index contributed by atoms with van der Waals surface area (Å²) in [6.07, 6.45) is 6.88. The summed E-state index contributed by atoms with van der Waals surface area (Å²) in [5, 5.41) is 13.3. The van der Waals surface area contributed by atoms with E-state index in [0.29, 0.717) is 18.0 Å². The highest BCUT2D eigenvalue weighted by atomic mass is 16.5. The van der Waals surface area contributed by atoms with Crippen LogP contribution in [0, 0.1) is 5.92 Å². The monoisotopic (exact) mass is 409 g/mol. The predicted molar refractivity (Wildman–Crippen MR) is 115 cm³/mol. The highest BCUT2D eigenvalue weighted by Crippen LogP contribution is 2.20. The number of β-amino-alcohol motifs (C(OH)–C–C–N with tert-alkyl or cyclic N) is 1. The first kappa shape index (κ1) is 21.0. The van der Waals surface area contributed by atoms with E-state index in [1.54, 1.807) is 6.20 Å². The van der Waals surface area contributed by atoms with E-state index in [-0.39, 0.29) is 12.5 Å².